The van der Waals surface area contributed by atoms with E-state index >= 15 is 0 Å². The minimum Gasteiger partial charge on any atom is -0.395 e. The molecule has 3 nitrogen and oxygen atoms in total. The average Bonchev–Trinajstić information content (AvgIpc) is 1.85. The van der Waals surface area contributed by atoms with Crippen LogP contribution < -0.4 is 0 Å². The molecular weight excluding hydrogens is 144 g/mol. The van der Waals surface area contributed by atoms with Crippen LogP contribution >= 0.6 is 0 Å². The van der Waals surface area contributed by atoms with Gasteiger partial charge in [-0.05, 0) is 34.7 Å². The summed E-state index contributed by atoms with van der Waals surface area (Å²) in [6, 6.07) is 0. The van der Waals surface area contributed by atoms with E-state index in [0.717, 1.165) is 0 Å². The highest BCUT2D eigenvalue weighted by atomic mass is 28.4. The fraction of sp³-hybridized carbons (Fsp3) is 1.00. The smallest absolute Gasteiger partial charge is 0.352 e. The van der Waals surface area contributed by atoms with Crippen LogP contribution in [-0.4, -0.2) is 53.1 Å². The minimum atomic E-state index is -1.71. The highest BCUT2D eigenvalue weighted by molar-refractivity contribution is 6.66. The Balaban J connectivity index is 4.23. The summed E-state index contributed by atoms with van der Waals surface area (Å²) in [5.74, 6) is 0. The van der Waals surface area contributed by atoms with Crippen LogP contribution in [0.1, 0.15) is 0 Å². The van der Waals surface area contributed by atoms with Crippen molar-refractivity contribution in [2.24, 2.45) is 0 Å². The molecule has 0 spiro atoms. The molecule has 0 heterocycles. The standard InChI is InChI=1S/C6H18N2OSi/c1-7(2)10(6,9-5)8(3)4/h1-6H3. The van der Waals surface area contributed by atoms with E-state index in [0.29, 0.717) is 0 Å². The molecule has 0 unspecified atom stereocenters. The van der Waals surface area contributed by atoms with Gasteiger partial charge in [0.2, 0.25) is 0 Å². The Bertz CT molecular complexity index is 97.9. The summed E-state index contributed by atoms with van der Waals surface area (Å²) >= 11 is 0. The molecule has 0 bridgehead atoms. The molecule has 0 N–H and O–H groups in total. The second kappa shape index (κ2) is 3.48. The van der Waals surface area contributed by atoms with Crippen LogP contribution in [0.4, 0.5) is 0 Å². The maximum Gasteiger partial charge on any atom is 0.352 e. The maximum atomic E-state index is 5.45. The molecule has 4 heteroatoms. The van der Waals surface area contributed by atoms with Crippen LogP contribution in [-0.2, 0) is 4.43 Å². The first kappa shape index (κ1) is 10.1. The van der Waals surface area contributed by atoms with Gasteiger partial charge in [0.1, 0.15) is 0 Å². The first-order chi connectivity index (χ1) is 4.45. The number of hydrogen-bond donors (Lipinski definition) is 0. The van der Waals surface area contributed by atoms with Crippen LogP contribution in [0.3, 0.4) is 0 Å². The summed E-state index contributed by atoms with van der Waals surface area (Å²) in [7, 11) is 8.26. The van der Waals surface area contributed by atoms with Crippen LogP contribution in [0.5, 0.6) is 0 Å². The Labute approximate surface area is 64.9 Å². The summed E-state index contributed by atoms with van der Waals surface area (Å²) in [5, 5.41) is 0. The Morgan fingerprint density at radius 3 is 1.30 bits per heavy atom. The van der Waals surface area contributed by atoms with Crippen molar-refractivity contribution in [2.45, 2.75) is 6.55 Å². The topological polar surface area (TPSA) is 15.7 Å². The van der Waals surface area contributed by atoms with Crippen molar-refractivity contribution in [3.63, 3.8) is 0 Å². The highest BCUT2D eigenvalue weighted by Gasteiger charge is 2.34. The van der Waals surface area contributed by atoms with Crippen molar-refractivity contribution in [2.75, 3.05) is 35.3 Å². The third kappa shape index (κ3) is 1.79. The maximum absolute atomic E-state index is 5.45. The van der Waals surface area contributed by atoms with Gasteiger partial charge in [0, 0.05) is 7.11 Å². The van der Waals surface area contributed by atoms with E-state index in [-0.39, 0.29) is 0 Å². The molecular formula is C6H18N2OSi. The second-order valence-electron chi connectivity index (χ2n) is 2.93. The van der Waals surface area contributed by atoms with Crippen molar-refractivity contribution < 1.29 is 4.43 Å². The predicted octanol–water partition coefficient (Wildman–Crippen LogP) is 0.325. The molecule has 0 aliphatic heterocycles. The molecule has 62 valence electrons. The van der Waals surface area contributed by atoms with Gasteiger partial charge in [-0.1, -0.05) is 0 Å². The second-order valence-corrected chi connectivity index (χ2v) is 6.99. The van der Waals surface area contributed by atoms with E-state index in [4.69, 9.17) is 4.43 Å². The Morgan fingerprint density at radius 2 is 1.30 bits per heavy atom. The predicted molar refractivity (Wildman–Crippen MR) is 46.0 cm³/mol. The SMILES string of the molecule is CO[Si](C)(N(C)C)N(C)C. The molecule has 0 rings (SSSR count). The zero-order valence-corrected chi connectivity index (χ0v) is 8.80. The fourth-order valence-corrected chi connectivity index (χ4v) is 2.30. The summed E-state index contributed by atoms with van der Waals surface area (Å²) in [4.78, 5) is 0. The lowest BCUT2D eigenvalue weighted by Gasteiger charge is -2.36. The largest absolute Gasteiger partial charge is 0.395 e. The summed E-state index contributed by atoms with van der Waals surface area (Å²) in [6.07, 6.45) is 0. The van der Waals surface area contributed by atoms with E-state index < -0.39 is 8.64 Å². The molecule has 0 aliphatic carbocycles. The molecule has 0 aromatic carbocycles. The third-order valence-electron chi connectivity index (χ3n) is 2.05. The van der Waals surface area contributed by atoms with Gasteiger partial charge in [-0.3, -0.25) is 9.13 Å². The summed E-state index contributed by atoms with van der Waals surface area (Å²) in [6.45, 7) is 2.16. The zero-order chi connectivity index (χ0) is 8.36. The molecule has 0 saturated heterocycles. The van der Waals surface area contributed by atoms with Crippen molar-refractivity contribution in [1.82, 2.24) is 9.13 Å². The average molecular weight is 162 g/mol. The number of nitrogens with zero attached hydrogens (tertiary/aromatic N) is 2. The molecule has 0 atom stereocenters. The van der Waals surface area contributed by atoms with E-state index in [1.165, 1.54) is 0 Å². The van der Waals surface area contributed by atoms with E-state index in [2.05, 4.69) is 43.9 Å². The van der Waals surface area contributed by atoms with Crippen LogP contribution in [0.25, 0.3) is 0 Å². The minimum absolute atomic E-state index is 1.71. The lowest BCUT2D eigenvalue weighted by atomic mass is 11.3. The van der Waals surface area contributed by atoms with Gasteiger partial charge in [0.25, 0.3) is 0 Å². The lowest BCUT2D eigenvalue weighted by Crippen LogP contribution is -2.60. The molecule has 0 aromatic heterocycles. The van der Waals surface area contributed by atoms with E-state index in [1.54, 1.807) is 7.11 Å². The highest BCUT2D eigenvalue weighted by Crippen LogP contribution is 2.08. The quantitative estimate of drug-likeness (QED) is 0.556. The Hall–Kier alpha value is 0.0969. The third-order valence-corrected chi connectivity index (χ3v) is 6.14. The normalized spacial score (nSPS) is 13.2. The van der Waals surface area contributed by atoms with Gasteiger partial charge in [-0.2, -0.15) is 0 Å². The molecule has 0 amide bonds. The van der Waals surface area contributed by atoms with Crippen LogP contribution in [0.2, 0.25) is 6.55 Å². The van der Waals surface area contributed by atoms with Crippen molar-refractivity contribution in [1.29, 1.82) is 0 Å². The monoisotopic (exact) mass is 162 g/mol. The number of hydrogen-bond acceptors (Lipinski definition) is 3. The zero-order valence-electron chi connectivity index (χ0n) is 7.80. The van der Waals surface area contributed by atoms with Gasteiger partial charge in [-0.25, -0.2) is 0 Å². The fourth-order valence-electron chi connectivity index (χ4n) is 0.765. The molecule has 0 fully saturated rings. The van der Waals surface area contributed by atoms with Crippen LogP contribution in [0, 0.1) is 0 Å². The molecule has 10 heavy (non-hydrogen) atoms. The summed E-state index contributed by atoms with van der Waals surface area (Å²) < 4.78 is 9.77. The van der Waals surface area contributed by atoms with Crippen molar-refractivity contribution >= 4 is 8.64 Å². The first-order valence-electron chi connectivity index (χ1n) is 3.35. The molecule has 0 radical (unpaired) electrons. The van der Waals surface area contributed by atoms with Crippen molar-refractivity contribution in [3.8, 4) is 0 Å². The Morgan fingerprint density at radius 1 is 1.00 bits per heavy atom. The van der Waals surface area contributed by atoms with Gasteiger partial charge in [-0.15, -0.1) is 0 Å². The Kier molecular flexibility index (Phi) is 3.51. The number of rotatable bonds is 3. The van der Waals surface area contributed by atoms with Gasteiger partial charge >= 0.3 is 8.64 Å². The van der Waals surface area contributed by atoms with Gasteiger partial charge in [0.15, 0.2) is 0 Å². The molecule has 0 aliphatic rings. The van der Waals surface area contributed by atoms with Crippen molar-refractivity contribution in [3.05, 3.63) is 0 Å². The van der Waals surface area contributed by atoms with Crippen LogP contribution in [0.15, 0.2) is 0 Å². The molecule has 0 aromatic rings. The van der Waals surface area contributed by atoms with Gasteiger partial charge < -0.3 is 4.43 Å². The molecule has 0 saturated carbocycles. The van der Waals surface area contributed by atoms with E-state index in [9.17, 15) is 0 Å². The lowest BCUT2D eigenvalue weighted by molar-refractivity contribution is 0.273. The first-order valence-corrected chi connectivity index (χ1v) is 5.65. The summed E-state index contributed by atoms with van der Waals surface area (Å²) in [5.41, 5.74) is 0. The van der Waals surface area contributed by atoms with Gasteiger partial charge in [0.05, 0.1) is 0 Å². The van der Waals surface area contributed by atoms with E-state index in [1.807, 2.05) is 0 Å².